The van der Waals surface area contributed by atoms with Gasteiger partial charge in [-0.3, -0.25) is 0 Å². The molecule has 3 nitrogen and oxygen atoms in total. The molecule has 0 saturated carbocycles. The van der Waals surface area contributed by atoms with E-state index in [4.69, 9.17) is 8.11 Å². The zero-order valence-corrected chi connectivity index (χ0v) is 25.9. The van der Waals surface area contributed by atoms with Gasteiger partial charge in [0.1, 0.15) is 0 Å². The van der Waals surface area contributed by atoms with Crippen LogP contribution >= 0.6 is 19.8 Å². The Morgan fingerprint density at radius 2 is 1.44 bits per heavy atom. The minimum absolute atomic E-state index is 0. The molecule has 0 aromatic rings. The van der Waals surface area contributed by atoms with Crippen molar-refractivity contribution in [1.82, 2.24) is 0 Å². The van der Waals surface area contributed by atoms with E-state index < -0.39 is 23.3 Å². The maximum absolute atomic E-state index is 9.02. The van der Waals surface area contributed by atoms with Gasteiger partial charge in [0.2, 0.25) is 0 Å². The summed E-state index contributed by atoms with van der Waals surface area (Å²) in [6.07, 6.45) is 0. The molecule has 1 N–H and O–H groups in total. The maximum atomic E-state index is 9.02. The van der Waals surface area contributed by atoms with E-state index in [2.05, 4.69) is 3.01 Å². The second kappa shape index (κ2) is 40.6. The summed E-state index contributed by atoms with van der Waals surface area (Å²) in [6, 6.07) is 0. The molecule has 0 bridgehead atoms. The average molecular weight is 577 g/mol. The first-order valence-corrected chi connectivity index (χ1v) is 3.34. The smallest absolute Gasteiger partial charge is 3.00 e. The van der Waals surface area contributed by atoms with E-state index in [0.717, 1.165) is 0 Å². The molecule has 48 valence electrons. The van der Waals surface area contributed by atoms with Crippen molar-refractivity contribution in [3.63, 3.8) is 0 Å². The van der Waals surface area contributed by atoms with Crippen LogP contribution in [0.5, 0.6) is 0 Å². The molecule has 0 heterocycles. The first-order valence-electron chi connectivity index (χ1n) is 0.654. The SMILES string of the molecule is P.[In+3].[InH2].[InH2].[O]=[In][O]O.[P-3]. The molecule has 1 unspecified atom stereocenters. The van der Waals surface area contributed by atoms with Crippen molar-refractivity contribution in [3.05, 3.63) is 0 Å². The second-order valence-corrected chi connectivity index (χ2v) is 1.35. The molecule has 0 aromatic carbocycles. The fourth-order valence-corrected chi connectivity index (χ4v) is 0. The third kappa shape index (κ3) is 48.6. The standard InChI is InChI=1S/4In.H2O2.O.H3P.P.4H/c;;;;1-2;;;;;;;/h;;;;1-2H;;1H3;;;;;/q;;+1;+3;;;;-3;;;;/p-1. The van der Waals surface area contributed by atoms with Crippen LogP contribution < -0.4 is 0 Å². The van der Waals surface area contributed by atoms with Gasteiger partial charge in [-0.15, -0.1) is 0 Å². The van der Waals surface area contributed by atoms with Gasteiger partial charge in [-0.2, -0.15) is 9.90 Å². The van der Waals surface area contributed by atoms with Gasteiger partial charge >= 0.3 is 112 Å². The minimum atomic E-state index is -2.10. The van der Waals surface area contributed by atoms with Crippen LogP contribution in [-0.4, -0.2) is 106 Å². The molecule has 0 spiro atoms. The number of rotatable bonds is 1. The van der Waals surface area contributed by atoms with E-state index in [0.29, 0.717) is 0 Å². The molecular formula is H8In4O3P2. The van der Waals surface area contributed by atoms with E-state index in [1.54, 1.807) is 0 Å². The molecule has 0 rings (SSSR count). The largest absolute Gasteiger partial charge is 3.00 e. The summed E-state index contributed by atoms with van der Waals surface area (Å²) in [7, 11) is 0. The molecule has 0 saturated heterocycles. The van der Waals surface area contributed by atoms with Crippen LogP contribution in [0.25, 0.3) is 0 Å². The van der Waals surface area contributed by atoms with Crippen LogP contribution in [0.4, 0.5) is 0 Å². The van der Waals surface area contributed by atoms with E-state index >= 15 is 0 Å². The summed E-state index contributed by atoms with van der Waals surface area (Å²) in [6.45, 7) is 0. The topological polar surface area (TPSA) is 46.5 Å². The molecule has 2 radical (unpaired) electrons. The Hall–Kier alpha value is 3.90. The Morgan fingerprint density at radius 3 is 1.44 bits per heavy atom. The zero-order valence-electron chi connectivity index (χ0n) is 5.57. The van der Waals surface area contributed by atoms with Crippen molar-refractivity contribution in [3.8, 4) is 0 Å². The van der Waals surface area contributed by atoms with Gasteiger partial charge < -0.3 is 9.90 Å². The molecule has 9 heavy (non-hydrogen) atoms. The van der Waals surface area contributed by atoms with Crippen LogP contribution in [0.2, 0.25) is 0 Å². The fraction of sp³-hybridized carbons (Fsp3) is 0. The van der Waals surface area contributed by atoms with Gasteiger partial charge in [-0.1, -0.05) is 0 Å². The molecule has 0 aromatic heterocycles. The predicted molar refractivity (Wildman–Crippen MR) is 51.0 cm³/mol. The monoisotopic (exact) mass is 578 g/mol. The molecule has 9 heteroatoms. The third-order valence-corrected chi connectivity index (χ3v) is 0.289. The quantitative estimate of drug-likeness (QED) is 0.226. The van der Waals surface area contributed by atoms with Crippen LogP contribution in [0.3, 0.4) is 0 Å². The summed E-state index contributed by atoms with van der Waals surface area (Å²) in [5, 5.41) is 7.15. The molecular weight excluding hydrogens is 569 g/mol. The van der Waals surface area contributed by atoms with Crippen LogP contribution in [-0.2, 0) is 5.86 Å². The van der Waals surface area contributed by atoms with Gasteiger partial charge in [-0.25, -0.2) is 0 Å². The van der Waals surface area contributed by atoms with Gasteiger partial charge in [0.05, 0.1) is 0 Å². The maximum Gasteiger partial charge on any atom is -3.00 e. The Balaban J connectivity index is -0.00000000450. The first kappa shape index (κ1) is 38.4. The molecule has 0 aliphatic rings. The Morgan fingerprint density at radius 1 is 1.33 bits per heavy atom. The Bertz CT molecular complexity index is 27.8. The summed E-state index contributed by atoms with van der Waals surface area (Å²) >= 11 is -2.10. The van der Waals surface area contributed by atoms with Gasteiger partial charge in [0.25, 0.3) is 0 Å². The molecule has 1 atom stereocenters. The molecule has 0 fully saturated rings. The Kier molecular flexibility index (Phi) is 173. The van der Waals surface area contributed by atoms with Crippen LogP contribution in [0, 0.1) is 0 Å². The zero-order chi connectivity index (χ0) is 3.41. The van der Waals surface area contributed by atoms with Crippen LogP contribution in [0.1, 0.15) is 0 Å². The first-order chi connectivity index (χ1) is 1.91. The van der Waals surface area contributed by atoms with Crippen molar-refractivity contribution < 1.29 is 11.1 Å². The number of hydrogen-bond donors (Lipinski definition) is 1. The Labute approximate surface area is 129 Å². The van der Waals surface area contributed by atoms with Gasteiger partial charge in [0.15, 0.2) is 0 Å². The predicted octanol–water partition coefficient (Wildman–Crippen LogP) is -1.85. The van der Waals surface area contributed by atoms with Crippen molar-refractivity contribution in [1.29, 1.82) is 0 Å². The van der Waals surface area contributed by atoms with E-state index in [1.807, 2.05) is 0 Å². The van der Waals surface area contributed by atoms with Gasteiger partial charge in [-0.05, 0) is 0 Å². The molecule has 0 aliphatic carbocycles. The van der Waals surface area contributed by atoms with Crippen molar-refractivity contribution >= 4 is 121 Å². The number of hydrogen-bond acceptors (Lipinski definition) is 3. The summed E-state index contributed by atoms with van der Waals surface area (Å²) in [5.41, 5.74) is 0. The van der Waals surface area contributed by atoms with Crippen molar-refractivity contribution in [2.75, 3.05) is 0 Å². The normalized spacial score (nSPS) is 1.89. The summed E-state index contributed by atoms with van der Waals surface area (Å²) in [5.74, 6) is 0. The summed E-state index contributed by atoms with van der Waals surface area (Å²) < 4.78 is 12.2. The average Bonchev–Trinajstić information content (AvgIpc) is 1.37. The minimum Gasteiger partial charge on any atom is -3.00 e. The van der Waals surface area contributed by atoms with Crippen molar-refractivity contribution in [2.45, 2.75) is 0 Å². The van der Waals surface area contributed by atoms with E-state index in [1.165, 1.54) is 0 Å². The second-order valence-electron chi connectivity index (χ2n) is 0.202. The summed E-state index contributed by atoms with van der Waals surface area (Å²) in [4.78, 5) is 0. The third-order valence-electron chi connectivity index (χ3n) is 0.0430. The van der Waals surface area contributed by atoms with E-state index in [-0.39, 0.29) is 97.3 Å². The molecule has 0 aliphatic heterocycles. The fourth-order valence-electron chi connectivity index (χ4n) is 0. The van der Waals surface area contributed by atoms with Crippen molar-refractivity contribution in [2.24, 2.45) is 0 Å². The van der Waals surface area contributed by atoms with E-state index in [9.17, 15) is 0 Å². The molecule has 0 amide bonds. The van der Waals surface area contributed by atoms with Crippen LogP contribution in [0.15, 0.2) is 0 Å². The van der Waals surface area contributed by atoms with Gasteiger partial charge in [0, 0.05) is 0 Å².